The molecule has 2 N–H and O–H groups in total. The quantitative estimate of drug-likeness (QED) is 0.609. The monoisotopic (exact) mass is 169 g/mol. The third-order valence-corrected chi connectivity index (χ3v) is 2.80. The third-order valence-electron chi connectivity index (χ3n) is 2.80. The molecule has 2 unspecified atom stereocenters. The minimum atomic E-state index is 0.126. The summed E-state index contributed by atoms with van der Waals surface area (Å²) in [4.78, 5) is 10.7. The van der Waals surface area contributed by atoms with Crippen LogP contribution in [0.2, 0.25) is 0 Å². The average Bonchev–Trinajstić information content (AvgIpc) is 2.17. The number of hydrogen-bond acceptors (Lipinski definition) is 2. The highest BCUT2D eigenvalue weighted by atomic mass is 16.1. The molecule has 0 aromatic rings. The smallest absolute Gasteiger partial charge is 0.124 e. The van der Waals surface area contributed by atoms with Crippen molar-refractivity contribution in [1.82, 2.24) is 0 Å². The van der Waals surface area contributed by atoms with Crippen molar-refractivity contribution in [2.75, 3.05) is 0 Å². The number of nitrogens with two attached hydrogens (primary N) is 1. The summed E-state index contributed by atoms with van der Waals surface area (Å²) < 4.78 is 0. The van der Waals surface area contributed by atoms with Gasteiger partial charge < -0.3 is 10.5 Å². The minimum Gasteiger partial charge on any atom is -0.327 e. The Labute approximate surface area is 74.5 Å². The van der Waals surface area contributed by atoms with E-state index in [-0.39, 0.29) is 12.0 Å². The zero-order valence-electron chi connectivity index (χ0n) is 7.67. The van der Waals surface area contributed by atoms with Gasteiger partial charge in [0.1, 0.15) is 6.29 Å². The van der Waals surface area contributed by atoms with Gasteiger partial charge in [-0.1, -0.05) is 32.1 Å². The molecule has 1 aliphatic rings. The Kier molecular flexibility index (Phi) is 4.30. The molecule has 0 saturated heterocycles. The molecule has 1 aliphatic carbocycles. The van der Waals surface area contributed by atoms with E-state index in [1.165, 1.54) is 32.1 Å². The van der Waals surface area contributed by atoms with Gasteiger partial charge in [0, 0.05) is 12.0 Å². The molecule has 2 atom stereocenters. The van der Waals surface area contributed by atoms with Gasteiger partial charge in [-0.25, -0.2) is 0 Å². The van der Waals surface area contributed by atoms with Gasteiger partial charge >= 0.3 is 0 Å². The van der Waals surface area contributed by atoms with E-state index < -0.39 is 0 Å². The first-order valence-corrected chi connectivity index (χ1v) is 5.05. The van der Waals surface area contributed by atoms with Crippen molar-refractivity contribution in [3.8, 4) is 0 Å². The van der Waals surface area contributed by atoms with E-state index in [4.69, 9.17) is 5.73 Å². The summed E-state index contributed by atoms with van der Waals surface area (Å²) in [5, 5.41) is 0. The second-order valence-corrected chi connectivity index (χ2v) is 3.81. The van der Waals surface area contributed by atoms with Crippen LogP contribution in [0.3, 0.4) is 0 Å². The second-order valence-electron chi connectivity index (χ2n) is 3.81. The van der Waals surface area contributed by atoms with Crippen molar-refractivity contribution < 1.29 is 4.79 Å². The Bertz CT molecular complexity index is 136. The van der Waals surface area contributed by atoms with Crippen molar-refractivity contribution in [1.29, 1.82) is 0 Å². The van der Waals surface area contributed by atoms with Gasteiger partial charge in [0.25, 0.3) is 0 Å². The SMILES string of the molecule is NC1CCCCCCCC1C=O. The summed E-state index contributed by atoms with van der Waals surface area (Å²) >= 11 is 0. The molecule has 0 spiro atoms. The first kappa shape index (κ1) is 9.72. The Balaban J connectivity index is 2.40. The summed E-state index contributed by atoms with van der Waals surface area (Å²) in [6.07, 6.45) is 9.35. The molecule has 0 aromatic carbocycles. The van der Waals surface area contributed by atoms with Crippen LogP contribution in [0, 0.1) is 5.92 Å². The first-order valence-electron chi connectivity index (χ1n) is 5.05. The van der Waals surface area contributed by atoms with Crippen LogP contribution in [0.1, 0.15) is 44.9 Å². The Morgan fingerprint density at radius 2 is 1.58 bits per heavy atom. The Hall–Kier alpha value is -0.370. The molecule has 0 heterocycles. The fraction of sp³-hybridized carbons (Fsp3) is 0.900. The number of carbonyl (C=O) groups is 1. The van der Waals surface area contributed by atoms with Crippen molar-refractivity contribution in [2.45, 2.75) is 51.0 Å². The molecule has 1 saturated carbocycles. The van der Waals surface area contributed by atoms with Crippen LogP contribution in [0.15, 0.2) is 0 Å². The molecular formula is C10H19NO. The molecular weight excluding hydrogens is 150 g/mol. The molecule has 0 aromatic heterocycles. The number of aldehydes is 1. The number of rotatable bonds is 1. The number of carbonyl (C=O) groups excluding carboxylic acids is 1. The van der Waals surface area contributed by atoms with E-state index in [2.05, 4.69) is 0 Å². The normalized spacial score (nSPS) is 33.1. The molecule has 0 amide bonds. The van der Waals surface area contributed by atoms with Crippen molar-refractivity contribution >= 4 is 6.29 Å². The zero-order chi connectivity index (χ0) is 8.81. The Morgan fingerprint density at radius 1 is 1.00 bits per heavy atom. The van der Waals surface area contributed by atoms with E-state index in [1.807, 2.05) is 0 Å². The maximum Gasteiger partial charge on any atom is 0.124 e. The topological polar surface area (TPSA) is 43.1 Å². The largest absolute Gasteiger partial charge is 0.327 e. The minimum absolute atomic E-state index is 0.126. The Morgan fingerprint density at radius 3 is 2.25 bits per heavy atom. The summed E-state index contributed by atoms with van der Waals surface area (Å²) in [5.41, 5.74) is 5.90. The van der Waals surface area contributed by atoms with Gasteiger partial charge in [0.2, 0.25) is 0 Å². The van der Waals surface area contributed by atoms with E-state index in [9.17, 15) is 4.79 Å². The maximum absolute atomic E-state index is 10.7. The van der Waals surface area contributed by atoms with Crippen molar-refractivity contribution in [3.05, 3.63) is 0 Å². The van der Waals surface area contributed by atoms with Crippen LogP contribution in [-0.2, 0) is 4.79 Å². The molecule has 2 nitrogen and oxygen atoms in total. The van der Waals surface area contributed by atoms with Gasteiger partial charge in [-0.15, -0.1) is 0 Å². The van der Waals surface area contributed by atoms with E-state index >= 15 is 0 Å². The van der Waals surface area contributed by atoms with Crippen LogP contribution in [0.4, 0.5) is 0 Å². The molecule has 70 valence electrons. The van der Waals surface area contributed by atoms with Gasteiger partial charge in [-0.2, -0.15) is 0 Å². The van der Waals surface area contributed by atoms with Crippen LogP contribution in [0.25, 0.3) is 0 Å². The van der Waals surface area contributed by atoms with Crippen molar-refractivity contribution in [3.63, 3.8) is 0 Å². The molecule has 0 radical (unpaired) electrons. The van der Waals surface area contributed by atoms with E-state index in [0.717, 1.165) is 19.1 Å². The molecule has 1 fully saturated rings. The highest BCUT2D eigenvalue weighted by Crippen LogP contribution is 2.19. The fourth-order valence-corrected chi connectivity index (χ4v) is 1.89. The third kappa shape index (κ3) is 2.94. The first-order chi connectivity index (χ1) is 5.84. The van der Waals surface area contributed by atoms with Crippen LogP contribution in [0.5, 0.6) is 0 Å². The van der Waals surface area contributed by atoms with Gasteiger partial charge in [-0.3, -0.25) is 0 Å². The van der Waals surface area contributed by atoms with Crippen LogP contribution >= 0.6 is 0 Å². The van der Waals surface area contributed by atoms with E-state index in [1.54, 1.807) is 0 Å². The molecule has 12 heavy (non-hydrogen) atoms. The predicted octanol–water partition coefficient (Wildman–Crippen LogP) is 1.87. The van der Waals surface area contributed by atoms with Gasteiger partial charge in [-0.05, 0) is 12.8 Å². The van der Waals surface area contributed by atoms with Gasteiger partial charge in [0.15, 0.2) is 0 Å². The number of hydrogen-bond donors (Lipinski definition) is 1. The van der Waals surface area contributed by atoms with Crippen molar-refractivity contribution in [2.24, 2.45) is 11.7 Å². The second kappa shape index (κ2) is 5.31. The highest BCUT2D eigenvalue weighted by molar-refractivity contribution is 5.54. The lowest BCUT2D eigenvalue weighted by atomic mass is 9.94. The van der Waals surface area contributed by atoms with Crippen LogP contribution in [-0.4, -0.2) is 12.3 Å². The molecule has 2 heteroatoms. The van der Waals surface area contributed by atoms with Crippen LogP contribution < -0.4 is 5.73 Å². The standard InChI is InChI=1S/C10H19NO/c11-10-7-5-3-1-2-4-6-9(10)8-12/h8-10H,1-7,11H2. The lowest BCUT2D eigenvalue weighted by Gasteiger charge is -2.16. The highest BCUT2D eigenvalue weighted by Gasteiger charge is 2.17. The van der Waals surface area contributed by atoms with E-state index in [0.29, 0.717) is 0 Å². The average molecular weight is 169 g/mol. The summed E-state index contributed by atoms with van der Waals surface area (Å²) in [5.74, 6) is 0.128. The fourth-order valence-electron chi connectivity index (χ4n) is 1.89. The summed E-state index contributed by atoms with van der Waals surface area (Å²) in [7, 11) is 0. The van der Waals surface area contributed by atoms with Gasteiger partial charge in [0.05, 0.1) is 0 Å². The zero-order valence-corrected chi connectivity index (χ0v) is 7.67. The predicted molar refractivity (Wildman–Crippen MR) is 49.8 cm³/mol. The maximum atomic E-state index is 10.7. The summed E-state index contributed by atoms with van der Waals surface area (Å²) in [6, 6.07) is 0.126. The molecule has 1 rings (SSSR count). The lowest BCUT2D eigenvalue weighted by Crippen LogP contribution is -2.30. The molecule has 0 bridgehead atoms. The summed E-state index contributed by atoms with van der Waals surface area (Å²) in [6.45, 7) is 0. The lowest BCUT2D eigenvalue weighted by molar-refractivity contribution is -0.111. The molecule has 0 aliphatic heterocycles.